The maximum atomic E-state index is 4.76. The van der Waals surface area contributed by atoms with Crippen molar-refractivity contribution in [2.75, 3.05) is 37.4 Å². The van der Waals surface area contributed by atoms with Crippen LogP contribution < -0.4 is 15.5 Å². The lowest BCUT2D eigenvalue weighted by molar-refractivity contribution is 0.740. The first-order valence-electron chi connectivity index (χ1n) is 8.43. The molecular weight excluding hydrogens is 364 g/mol. The zero-order valence-corrected chi connectivity index (χ0v) is 16.3. The van der Waals surface area contributed by atoms with E-state index in [9.17, 15) is 0 Å². The van der Waals surface area contributed by atoms with Gasteiger partial charge in [0, 0.05) is 49.2 Å². The Hall–Kier alpha value is -2.45. The van der Waals surface area contributed by atoms with Crippen LogP contribution in [0.2, 0.25) is 0 Å². The minimum atomic E-state index is 0.803. The summed E-state index contributed by atoms with van der Waals surface area (Å²) >= 11 is 3.20. The Morgan fingerprint density at radius 3 is 2.54 bits per heavy atom. The van der Waals surface area contributed by atoms with Crippen molar-refractivity contribution in [1.29, 1.82) is 0 Å². The summed E-state index contributed by atoms with van der Waals surface area (Å²) in [5.74, 6) is 0.803. The van der Waals surface area contributed by atoms with Gasteiger partial charge in [0.2, 0.25) is 0 Å². The summed E-state index contributed by atoms with van der Waals surface area (Å²) in [6.45, 7) is 1.81. The van der Waals surface area contributed by atoms with Crippen LogP contribution in [0, 0.1) is 0 Å². The summed E-state index contributed by atoms with van der Waals surface area (Å²) in [7, 11) is 4.08. The van der Waals surface area contributed by atoms with Crippen LogP contribution in [0.1, 0.15) is 6.42 Å². The Balaban J connectivity index is 1.50. The number of hydrogen-bond donors (Lipinski definition) is 2. The molecule has 3 aromatic rings. The lowest BCUT2D eigenvalue weighted by Gasteiger charge is -2.13. The average Bonchev–Trinajstić information content (AvgIpc) is 3.32. The summed E-state index contributed by atoms with van der Waals surface area (Å²) in [6.07, 6.45) is 1.07. The molecule has 0 fully saturated rings. The van der Waals surface area contributed by atoms with Gasteiger partial charge in [-0.2, -0.15) is 0 Å². The normalized spacial score (nSPS) is 13.8. The van der Waals surface area contributed by atoms with Crippen molar-refractivity contribution in [3.05, 3.63) is 35.0 Å². The third-order valence-electron chi connectivity index (χ3n) is 4.02. The summed E-state index contributed by atoms with van der Waals surface area (Å²) in [4.78, 5) is 15.9. The number of anilines is 2. The summed E-state index contributed by atoms with van der Waals surface area (Å²) in [5, 5.41) is 12.4. The molecule has 2 N–H and O–H groups in total. The van der Waals surface area contributed by atoms with E-state index in [2.05, 4.69) is 55.2 Å². The molecule has 4 rings (SSSR count). The van der Waals surface area contributed by atoms with Gasteiger partial charge in [-0.3, -0.25) is 4.99 Å². The fourth-order valence-corrected chi connectivity index (χ4v) is 4.12. The maximum Gasteiger partial charge on any atom is 0.197 e. The van der Waals surface area contributed by atoms with Crippen molar-refractivity contribution in [2.24, 2.45) is 4.99 Å². The third-order valence-corrected chi connectivity index (χ3v) is 5.67. The lowest BCUT2D eigenvalue weighted by Crippen LogP contribution is -2.35. The zero-order chi connectivity index (χ0) is 17.9. The first-order valence-corrected chi connectivity index (χ1v) is 10.2. The van der Waals surface area contributed by atoms with E-state index in [4.69, 9.17) is 4.98 Å². The molecule has 0 saturated heterocycles. The summed E-state index contributed by atoms with van der Waals surface area (Å²) in [5.41, 5.74) is 4.10. The van der Waals surface area contributed by atoms with Crippen LogP contribution in [0.4, 0.5) is 10.8 Å². The van der Waals surface area contributed by atoms with Crippen molar-refractivity contribution in [3.8, 4) is 22.0 Å². The van der Waals surface area contributed by atoms with Gasteiger partial charge < -0.3 is 15.5 Å². The number of guanidine groups is 1. The van der Waals surface area contributed by atoms with E-state index in [1.165, 1.54) is 5.69 Å². The molecule has 1 aliphatic heterocycles. The fourth-order valence-electron chi connectivity index (χ4n) is 2.59. The molecular formula is C18H20N6S2. The first-order chi connectivity index (χ1) is 12.7. The van der Waals surface area contributed by atoms with E-state index >= 15 is 0 Å². The van der Waals surface area contributed by atoms with Crippen LogP contribution in [0.5, 0.6) is 0 Å². The van der Waals surface area contributed by atoms with Crippen molar-refractivity contribution < 1.29 is 0 Å². The molecule has 0 bridgehead atoms. The molecule has 0 saturated carbocycles. The van der Waals surface area contributed by atoms with Gasteiger partial charge in [0.15, 0.2) is 11.1 Å². The second kappa shape index (κ2) is 7.43. The molecule has 134 valence electrons. The van der Waals surface area contributed by atoms with Crippen LogP contribution in [0.25, 0.3) is 22.0 Å². The first kappa shape index (κ1) is 17.0. The Kier molecular flexibility index (Phi) is 4.85. The number of benzene rings is 1. The highest BCUT2D eigenvalue weighted by Crippen LogP contribution is 2.31. The Bertz CT molecular complexity index is 910. The van der Waals surface area contributed by atoms with Gasteiger partial charge in [0.1, 0.15) is 16.4 Å². The van der Waals surface area contributed by atoms with E-state index in [1.54, 1.807) is 22.7 Å². The molecule has 8 heteroatoms. The van der Waals surface area contributed by atoms with Crippen LogP contribution in [-0.4, -0.2) is 43.1 Å². The Morgan fingerprint density at radius 2 is 1.81 bits per heavy atom. The molecule has 0 radical (unpaired) electrons. The van der Waals surface area contributed by atoms with E-state index in [0.717, 1.165) is 52.6 Å². The second-order valence-corrected chi connectivity index (χ2v) is 7.87. The largest absolute Gasteiger partial charge is 0.378 e. The number of aliphatic imine (C=N–C) groups is 1. The van der Waals surface area contributed by atoms with Crippen molar-refractivity contribution >= 4 is 39.5 Å². The minimum Gasteiger partial charge on any atom is -0.378 e. The highest BCUT2D eigenvalue weighted by Gasteiger charge is 2.12. The van der Waals surface area contributed by atoms with Gasteiger partial charge in [-0.25, -0.2) is 9.97 Å². The van der Waals surface area contributed by atoms with Gasteiger partial charge in [-0.1, -0.05) is 0 Å². The van der Waals surface area contributed by atoms with Gasteiger partial charge in [-0.15, -0.1) is 22.7 Å². The molecule has 26 heavy (non-hydrogen) atoms. The monoisotopic (exact) mass is 384 g/mol. The highest BCUT2D eigenvalue weighted by molar-refractivity contribution is 7.14. The van der Waals surface area contributed by atoms with Crippen LogP contribution in [0.3, 0.4) is 0 Å². The average molecular weight is 385 g/mol. The molecule has 6 nitrogen and oxygen atoms in total. The van der Waals surface area contributed by atoms with Gasteiger partial charge in [0.25, 0.3) is 0 Å². The quantitative estimate of drug-likeness (QED) is 0.717. The molecule has 1 aromatic carbocycles. The molecule has 2 aromatic heterocycles. The van der Waals surface area contributed by atoms with Gasteiger partial charge >= 0.3 is 0 Å². The molecule has 0 unspecified atom stereocenters. The van der Waals surface area contributed by atoms with Crippen LogP contribution in [0.15, 0.2) is 40.0 Å². The molecule has 0 aliphatic carbocycles. The Labute approximate surface area is 160 Å². The molecule has 0 spiro atoms. The molecule has 1 aliphatic rings. The third kappa shape index (κ3) is 3.71. The topological polar surface area (TPSA) is 65.4 Å². The van der Waals surface area contributed by atoms with E-state index in [0.29, 0.717) is 0 Å². The molecule has 0 atom stereocenters. The van der Waals surface area contributed by atoms with Crippen LogP contribution >= 0.6 is 22.7 Å². The fraction of sp³-hybridized carbons (Fsp3) is 0.278. The summed E-state index contributed by atoms with van der Waals surface area (Å²) in [6, 6.07) is 8.44. The predicted octanol–water partition coefficient (Wildman–Crippen LogP) is 3.76. The zero-order valence-electron chi connectivity index (χ0n) is 14.7. The number of rotatable bonds is 4. The van der Waals surface area contributed by atoms with E-state index in [-0.39, 0.29) is 0 Å². The predicted molar refractivity (Wildman–Crippen MR) is 112 cm³/mol. The highest BCUT2D eigenvalue weighted by atomic mass is 32.1. The van der Waals surface area contributed by atoms with Gasteiger partial charge in [0.05, 0.1) is 0 Å². The van der Waals surface area contributed by atoms with Crippen molar-refractivity contribution in [1.82, 2.24) is 15.3 Å². The van der Waals surface area contributed by atoms with Crippen molar-refractivity contribution in [3.63, 3.8) is 0 Å². The van der Waals surface area contributed by atoms with E-state index in [1.807, 2.05) is 19.5 Å². The molecule has 3 heterocycles. The number of aromatic nitrogens is 2. The SMILES string of the molecule is CN(C)c1ccc(-c2nc(-c3csc(NC4=NCCCN4)n3)cs2)cc1. The van der Waals surface area contributed by atoms with Gasteiger partial charge in [-0.05, 0) is 30.7 Å². The second-order valence-electron chi connectivity index (χ2n) is 6.15. The van der Waals surface area contributed by atoms with Crippen molar-refractivity contribution in [2.45, 2.75) is 6.42 Å². The number of hydrogen-bond acceptors (Lipinski definition) is 8. The number of nitrogens with one attached hydrogen (secondary N) is 2. The number of nitrogens with zero attached hydrogens (tertiary/aromatic N) is 4. The minimum absolute atomic E-state index is 0.803. The lowest BCUT2D eigenvalue weighted by atomic mass is 10.2. The maximum absolute atomic E-state index is 4.76. The number of thiazole rings is 2. The molecule has 0 amide bonds. The summed E-state index contributed by atoms with van der Waals surface area (Å²) < 4.78 is 0. The standard InChI is InChI=1S/C18H20N6S2/c1-24(2)13-6-4-12(5-7-13)16-21-14(10-25-16)15-11-26-18(22-15)23-17-19-8-3-9-20-17/h4-7,10-11H,3,8-9H2,1-2H3,(H2,19,20,22,23). The van der Waals surface area contributed by atoms with E-state index < -0.39 is 0 Å². The Morgan fingerprint density at radius 1 is 1.04 bits per heavy atom. The van der Waals surface area contributed by atoms with Crippen LogP contribution in [-0.2, 0) is 0 Å². The smallest absolute Gasteiger partial charge is 0.197 e.